The Bertz CT molecular complexity index is 822. The van der Waals surface area contributed by atoms with Crippen LogP contribution in [-0.4, -0.2) is 22.8 Å². The molecule has 2 amide bonds. The first-order valence-electron chi connectivity index (χ1n) is 8.99. The van der Waals surface area contributed by atoms with E-state index < -0.39 is 17.7 Å². The molecule has 27 heavy (non-hydrogen) atoms. The van der Waals surface area contributed by atoms with Crippen LogP contribution in [0.3, 0.4) is 0 Å². The van der Waals surface area contributed by atoms with Gasteiger partial charge in [0.05, 0.1) is 12.5 Å². The summed E-state index contributed by atoms with van der Waals surface area (Å²) < 4.78 is 27.2. The molecule has 0 heterocycles. The van der Waals surface area contributed by atoms with Crippen LogP contribution in [0.5, 0.6) is 0 Å². The van der Waals surface area contributed by atoms with Gasteiger partial charge in [-0.1, -0.05) is 36.4 Å². The molecule has 0 bridgehead atoms. The zero-order chi connectivity index (χ0) is 19.4. The minimum atomic E-state index is -0.657. The van der Waals surface area contributed by atoms with E-state index in [0.717, 1.165) is 24.5 Å². The molecule has 0 aromatic heterocycles. The second-order valence-corrected chi connectivity index (χ2v) is 6.86. The van der Waals surface area contributed by atoms with Crippen LogP contribution in [0.2, 0.25) is 0 Å². The van der Waals surface area contributed by atoms with Gasteiger partial charge in [-0.3, -0.25) is 9.59 Å². The molecule has 2 aromatic rings. The third-order valence-electron chi connectivity index (χ3n) is 4.62. The smallest absolute Gasteiger partial charge is 0.225 e. The molecule has 1 aliphatic carbocycles. The highest BCUT2D eigenvalue weighted by atomic mass is 19.1. The lowest BCUT2D eigenvalue weighted by Crippen LogP contribution is -2.37. The van der Waals surface area contributed by atoms with E-state index in [2.05, 4.69) is 5.32 Å². The van der Waals surface area contributed by atoms with Crippen molar-refractivity contribution in [3.05, 3.63) is 71.3 Å². The van der Waals surface area contributed by atoms with Crippen molar-refractivity contribution in [1.82, 2.24) is 10.2 Å². The fourth-order valence-electron chi connectivity index (χ4n) is 3.12. The van der Waals surface area contributed by atoms with Crippen LogP contribution < -0.4 is 5.32 Å². The van der Waals surface area contributed by atoms with E-state index in [1.165, 1.54) is 19.1 Å². The number of carbonyl (C=O) groups is 2. The highest BCUT2D eigenvalue weighted by Gasteiger charge is 2.34. The first kappa shape index (κ1) is 19.0. The number of carbonyl (C=O) groups excluding carboxylic acids is 2. The van der Waals surface area contributed by atoms with Crippen molar-refractivity contribution < 1.29 is 18.4 Å². The Morgan fingerprint density at radius 3 is 2.44 bits per heavy atom. The molecule has 1 atom stereocenters. The third-order valence-corrected chi connectivity index (χ3v) is 4.62. The number of benzene rings is 2. The van der Waals surface area contributed by atoms with Crippen molar-refractivity contribution in [1.29, 1.82) is 0 Å². The van der Waals surface area contributed by atoms with Crippen molar-refractivity contribution in [2.75, 3.05) is 0 Å². The Balaban J connectivity index is 1.76. The van der Waals surface area contributed by atoms with E-state index in [1.54, 1.807) is 4.90 Å². The zero-order valence-electron chi connectivity index (χ0n) is 15.1. The first-order valence-corrected chi connectivity index (χ1v) is 8.99. The highest BCUT2D eigenvalue weighted by molar-refractivity contribution is 5.79. The number of nitrogens with zero attached hydrogens (tertiary/aromatic N) is 1. The molecule has 1 aliphatic rings. The maximum Gasteiger partial charge on any atom is 0.225 e. The summed E-state index contributed by atoms with van der Waals surface area (Å²) in [5, 5.41) is 2.81. The topological polar surface area (TPSA) is 49.4 Å². The van der Waals surface area contributed by atoms with Gasteiger partial charge in [0.2, 0.25) is 11.8 Å². The number of nitrogens with one attached hydrogen (secondary N) is 1. The lowest BCUT2D eigenvalue weighted by atomic mass is 10.0. The maximum atomic E-state index is 14.0. The fraction of sp³-hybridized carbons (Fsp3) is 0.333. The molecule has 1 N–H and O–H groups in total. The summed E-state index contributed by atoms with van der Waals surface area (Å²) in [5.74, 6) is -1.69. The molecule has 142 valence electrons. The van der Waals surface area contributed by atoms with E-state index in [9.17, 15) is 18.4 Å². The van der Waals surface area contributed by atoms with Gasteiger partial charge in [0.1, 0.15) is 11.6 Å². The van der Waals surface area contributed by atoms with Crippen molar-refractivity contribution in [3.8, 4) is 0 Å². The molecule has 3 rings (SSSR count). The summed E-state index contributed by atoms with van der Waals surface area (Å²) >= 11 is 0. The van der Waals surface area contributed by atoms with Crippen LogP contribution in [0.4, 0.5) is 8.78 Å². The molecule has 4 nitrogen and oxygen atoms in total. The summed E-state index contributed by atoms with van der Waals surface area (Å²) in [6, 6.07) is 12.3. The Kier molecular flexibility index (Phi) is 5.84. The number of hydrogen-bond acceptors (Lipinski definition) is 2. The predicted molar refractivity (Wildman–Crippen MR) is 97.5 cm³/mol. The van der Waals surface area contributed by atoms with E-state index in [1.807, 2.05) is 30.3 Å². The fourth-order valence-corrected chi connectivity index (χ4v) is 3.12. The predicted octanol–water partition coefficient (Wildman–Crippen LogP) is 3.72. The number of halogens is 2. The van der Waals surface area contributed by atoms with Gasteiger partial charge in [-0.15, -0.1) is 0 Å². The molecule has 0 saturated heterocycles. The molecule has 6 heteroatoms. The Hall–Kier alpha value is -2.76. The molecule has 0 aliphatic heterocycles. The van der Waals surface area contributed by atoms with Crippen molar-refractivity contribution in [2.24, 2.45) is 0 Å². The molecular weight excluding hydrogens is 350 g/mol. The molecule has 1 fully saturated rings. The third kappa shape index (κ3) is 5.12. The van der Waals surface area contributed by atoms with Crippen molar-refractivity contribution in [3.63, 3.8) is 0 Å². The number of amides is 2. The normalized spacial score (nSPS) is 14.5. The van der Waals surface area contributed by atoms with Crippen molar-refractivity contribution in [2.45, 2.75) is 44.8 Å². The summed E-state index contributed by atoms with van der Waals surface area (Å²) in [6.07, 6.45) is 1.82. The minimum Gasteiger partial charge on any atom is -0.349 e. The Morgan fingerprint density at radius 2 is 1.85 bits per heavy atom. The average molecular weight is 372 g/mol. The lowest BCUT2D eigenvalue weighted by Gasteiger charge is -2.26. The number of rotatable bonds is 7. The first-order chi connectivity index (χ1) is 12.9. The SMILES string of the molecule is CC(=O)NC(CC(=O)N(Cc1ccc(F)cc1F)C1CC1)c1ccccc1. The van der Waals surface area contributed by atoms with E-state index in [4.69, 9.17) is 0 Å². The summed E-state index contributed by atoms with van der Waals surface area (Å²) in [7, 11) is 0. The van der Waals surface area contributed by atoms with Gasteiger partial charge in [0.15, 0.2) is 0 Å². The zero-order valence-corrected chi connectivity index (χ0v) is 15.1. The monoisotopic (exact) mass is 372 g/mol. The van der Waals surface area contributed by atoms with E-state index in [0.29, 0.717) is 0 Å². The standard InChI is InChI=1S/C21H22F2N2O2/c1-14(26)24-20(15-5-3-2-4-6-15)12-21(27)25(18-9-10-18)13-16-7-8-17(22)11-19(16)23/h2-8,11,18,20H,9-10,12-13H2,1H3,(H,24,26). The molecule has 1 saturated carbocycles. The Labute approximate surface area is 157 Å². The molecular formula is C21H22F2N2O2. The molecule has 2 aromatic carbocycles. The van der Waals surface area contributed by atoms with Crippen molar-refractivity contribution >= 4 is 11.8 Å². The molecule has 0 spiro atoms. The van der Waals surface area contributed by atoms with Crippen LogP contribution >= 0.6 is 0 Å². The summed E-state index contributed by atoms with van der Waals surface area (Å²) in [6.45, 7) is 1.50. The van der Waals surface area contributed by atoms with E-state index in [-0.39, 0.29) is 36.4 Å². The van der Waals surface area contributed by atoms with Gasteiger partial charge in [-0.05, 0) is 24.5 Å². The van der Waals surface area contributed by atoms with Gasteiger partial charge < -0.3 is 10.2 Å². The summed E-state index contributed by atoms with van der Waals surface area (Å²) in [4.78, 5) is 26.2. The van der Waals surface area contributed by atoms with Gasteiger partial charge in [-0.2, -0.15) is 0 Å². The largest absolute Gasteiger partial charge is 0.349 e. The van der Waals surface area contributed by atoms with E-state index >= 15 is 0 Å². The maximum absolute atomic E-state index is 14.0. The van der Waals surface area contributed by atoms with Crippen LogP contribution in [0, 0.1) is 11.6 Å². The van der Waals surface area contributed by atoms with Crippen LogP contribution in [0.25, 0.3) is 0 Å². The Morgan fingerprint density at radius 1 is 1.15 bits per heavy atom. The molecule has 1 unspecified atom stereocenters. The highest BCUT2D eigenvalue weighted by Crippen LogP contribution is 2.31. The van der Waals surface area contributed by atoms with Gasteiger partial charge in [0.25, 0.3) is 0 Å². The number of hydrogen-bond donors (Lipinski definition) is 1. The van der Waals surface area contributed by atoms with Crippen LogP contribution in [0.15, 0.2) is 48.5 Å². The quantitative estimate of drug-likeness (QED) is 0.805. The van der Waals surface area contributed by atoms with Gasteiger partial charge in [-0.25, -0.2) is 8.78 Å². The van der Waals surface area contributed by atoms with Gasteiger partial charge in [0, 0.05) is 31.1 Å². The second-order valence-electron chi connectivity index (χ2n) is 6.86. The van der Waals surface area contributed by atoms with Gasteiger partial charge >= 0.3 is 0 Å². The molecule has 0 radical (unpaired) electrons. The minimum absolute atomic E-state index is 0.0655. The average Bonchev–Trinajstić information content (AvgIpc) is 3.45. The van der Waals surface area contributed by atoms with Crippen LogP contribution in [0.1, 0.15) is 43.4 Å². The lowest BCUT2D eigenvalue weighted by molar-refractivity contribution is -0.133. The summed E-state index contributed by atoms with van der Waals surface area (Å²) in [5.41, 5.74) is 1.12. The second kappa shape index (κ2) is 8.29. The van der Waals surface area contributed by atoms with Crippen LogP contribution in [-0.2, 0) is 16.1 Å².